The number of alkyl halides is 6. The van der Waals surface area contributed by atoms with E-state index in [9.17, 15) is 31.1 Å². The Hall–Kier alpha value is -6.21. The van der Waals surface area contributed by atoms with Gasteiger partial charge in [0, 0.05) is 11.1 Å². The number of rotatable bonds is 6. The molecule has 304 valence electrons. The van der Waals surface area contributed by atoms with Gasteiger partial charge < -0.3 is 29.0 Å². The fourth-order valence-corrected chi connectivity index (χ4v) is 6.02. The van der Waals surface area contributed by atoms with Gasteiger partial charge in [-0.2, -0.15) is 31.3 Å². The van der Waals surface area contributed by atoms with Gasteiger partial charge in [0.2, 0.25) is 5.88 Å². The Labute approximate surface area is 327 Å². The van der Waals surface area contributed by atoms with Crippen molar-refractivity contribution in [2.75, 3.05) is 55.1 Å². The van der Waals surface area contributed by atoms with E-state index < -0.39 is 35.3 Å². The molecule has 5 aromatic rings. The number of nitrogens with zero attached hydrogens (tertiary/aromatic N) is 5. The van der Waals surface area contributed by atoms with Crippen LogP contribution in [-0.2, 0) is 21.8 Å². The number of anilines is 3. The van der Waals surface area contributed by atoms with Gasteiger partial charge in [-0.1, -0.05) is 24.3 Å². The van der Waals surface area contributed by atoms with Crippen molar-refractivity contribution in [1.82, 2.24) is 19.9 Å². The van der Waals surface area contributed by atoms with Crippen molar-refractivity contribution in [2.24, 2.45) is 0 Å². The van der Waals surface area contributed by atoms with Crippen LogP contribution in [0.15, 0.2) is 85.2 Å². The molecule has 1 atom stereocenters. The summed E-state index contributed by atoms with van der Waals surface area (Å²) in [6, 6.07) is 15.9. The average Bonchev–Trinajstić information content (AvgIpc) is 3.57. The van der Waals surface area contributed by atoms with E-state index in [1.54, 1.807) is 30.3 Å². The average molecular weight is 812 g/mol. The zero-order valence-electron chi connectivity index (χ0n) is 30.9. The minimum Gasteiger partial charge on any atom is -0.488 e. The summed E-state index contributed by atoms with van der Waals surface area (Å²) in [7, 11) is 0. The lowest BCUT2D eigenvalue weighted by atomic mass is 10.1. The van der Waals surface area contributed by atoms with E-state index in [2.05, 4.69) is 30.6 Å². The summed E-state index contributed by atoms with van der Waals surface area (Å²) in [6.07, 6.45) is -6.36. The largest absolute Gasteiger partial charge is 0.488 e. The van der Waals surface area contributed by atoms with Crippen molar-refractivity contribution in [1.29, 1.82) is 0 Å². The fraction of sp³-hybridized carbons (Fsp3) is 0.308. The van der Waals surface area contributed by atoms with Gasteiger partial charge in [-0.3, -0.25) is 15.2 Å². The van der Waals surface area contributed by atoms with Crippen LogP contribution in [0.25, 0.3) is 22.5 Å². The van der Waals surface area contributed by atoms with Gasteiger partial charge >= 0.3 is 18.4 Å². The summed E-state index contributed by atoms with van der Waals surface area (Å²) >= 11 is 0. The molecule has 1 unspecified atom stereocenters. The zero-order chi connectivity index (χ0) is 41.1. The second-order valence-corrected chi connectivity index (χ2v) is 13.4. The number of halogens is 6. The Morgan fingerprint density at radius 1 is 0.862 bits per heavy atom. The van der Waals surface area contributed by atoms with E-state index in [1.807, 2.05) is 13.8 Å². The summed E-state index contributed by atoms with van der Waals surface area (Å²) in [4.78, 5) is 31.5. The first kappa shape index (κ1) is 40.0. The van der Waals surface area contributed by atoms with Crippen LogP contribution in [0.4, 0.5) is 48.6 Å². The Morgan fingerprint density at radius 3 is 2.17 bits per heavy atom. The first-order chi connectivity index (χ1) is 27.6. The van der Waals surface area contributed by atoms with Gasteiger partial charge in [0.25, 0.3) is 0 Å². The highest BCUT2D eigenvalue weighted by atomic mass is 19.4. The standard InChI is InChI=1S/C25H24F3N5O5.C14H11F3N2O/c1-24(2)37-14-17(38-24)13-36-21-12-29-11-20(31-21)32-23(34)33-8-9-35-19-7-6-18(30-22(19)33)15-4-3-5-16(10-15)25(26,27)28;15-14(16,17)10-3-1-2-9(8-10)11-4-5-12-13(19-11)18-6-7-20-12/h3-7,10-12,17H,8-9,13-14H2,1-2H3,(H,31,32,34);1-5,8H,6-7H2,(H,18,19). The highest BCUT2D eigenvalue weighted by molar-refractivity contribution is 6.01. The maximum absolute atomic E-state index is 13.2. The lowest BCUT2D eigenvalue weighted by molar-refractivity contribution is -0.141. The van der Waals surface area contributed by atoms with Gasteiger partial charge in [0.15, 0.2) is 34.7 Å². The highest BCUT2D eigenvalue weighted by Crippen LogP contribution is 2.37. The van der Waals surface area contributed by atoms with Crippen LogP contribution >= 0.6 is 0 Å². The topological polar surface area (TPSA) is 142 Å². The molecule has 1 fully saturated rings. The van der Waals surface area contributed by atoms with Crippen molar-refractivity contribution in [3.63, 3.8) is 0 Å². The number of urea groups is 1. The molecule has 8 rings (SSSR count). The second-order valence-electron chi connectivity index (χ2n) is 13.4. The Bertz CT molecular complexity index is 2280. The van der Waals surface area contributed by atoms with Crippen molar-refractivity contribution >= 4 is 23.5 Å². The summed E-state index contributed by atoms with van der Waals surface area (Å²) < 4.78 is 106. The van der Waals surface area contributed by atoms with Crippen LogP contribution < -0.4 is 29.7 Å². The number of fused-ring (bicyclic) bond motifs is 2. The molecule has 3 aliphatic heterocycles. The first-order valence-corrected chi connectivity index (χ1v) is 17.8. The summed E-state index contributed by atoms with van der Waals surface area (Å²) in [6.45, 7) is 5.74. The van der Waals surface area contributed by atoms with Gasteiger partial charge in [-0.25, -0.2) is 14.8 Å². The van der Waals surface area contributed by atoms with Crippen molar-refractivity contribution < 1.29 is 54.8 Å². The predicted molar refractivity (Wildman–Crippen MR) is 198 cm³/mol. The monoisotopic (exact) mass is 811 g/mol. The van der Waals surface area contributed by atoms with Crippen molar-refractivity contribution in [3.8, 4) is 39.9 Å². The van der Waals surface area contributed by atoms with E-state index in [0.29, 0.717) is 48.3 Å². The van der Waals surface area contributed by atoms with Crippen LogP contribution in [0.1, 0.15) is 25.0 Å². The van der Waals surface area contributed by atoms with Crippen LogP contribution in [-0.4, -0.2) is 77.4 Å². The third kappa shape index (κ3) is 9.66. The zero-order valence-corrected chi connectivity index (χ0v) is 30.9. The number of carbonyl (C=O) groups is 1. The molecule has 0 bridgehead atoms. The van der Waals surface area contributed by atoms with Crippen molar-refractivity contribution in [3.05, 3.63) is 96.3 Å². The van der Waals surface area contributed by atoms with Crippen molar-refractivity contribution in [2.45, 2.75) is 38.1 Å². The molecule has 0 radical (unpaired) electrons. The quantitative estimate of drug-likeness (QED) is 0.161. The molecule has 0 aliphatic carbocycles. The lowest BCUT2D eigenvalue weighted by Gasteiger charge is -2.28. The number of hydrogen-bond donors (Lipinski definition) is 2. The highest BCUT2D eigenvalue weighted by Gasteiger charge is 2.34. The molecule has 3 aliphatic rings. The molecule has 13 nitrogen and oxygen atoms in total. The number of hydrogen-bond acceptors (Lipinski definition) is 11. The molecule has 2 N–H and O–H groups in total. The molecule has 3 aromatic heterocycles. The normalized spacial score (nSPS) is 17.0. The molecule has 2 aromatic carbocycles. The Morgan fingerprint density at radius 2 is 1.52 bits per heavy atom. The maximum atomic E-state index is 13.2. The van der Waals surface area contributed by atoms with E-state index in [4.69, 9.17) is 23.7 Å². The van der Waals surface area contributed by atoms with Gasteiger partial charge in [0.1, 0.15) is 25.9 Å². The van der Waals surface area contributed by atoms with E-state index in [0.717, 1.165) is 24.3 Å². The van der Waals surface area contributed by atoms with Gasteiger partial charge in [-0.05, 0) is 62.4 Å². The fourth-order valence-electron chi connectivity index (χ4n) is 6.02. The number of pyridine rings is 2. The molecule has 1 saturated heterocycles. The number of benzene rings is 2. The predicted octanol–water partition coefficient (Wildman–Crippen LogP) is 8.09. The molecule has 58 heavy (non-hydrogen) atoms. The van der Waals surface area contributed by atoms with E-state index in [-0.39, 0.29) is 54.6 Å². The molecule has 19 heteroatoms. The molecule has 2 amide bonds. The summed E-state index contributed by atoms with van der Waals surface area (Å²) in [5, 5.41) is 5.71. The van der Waals surface area contributed by atoms with E-state index >= 15 is 0 Å². The molecule has 0 saturated carbocycles. The number of amides is 2. The third-order valence-corrected chi connectivity index (χ3v) is 8.73. The number of nitrogens with one attached hydrogen (secondary N) is 2. The van der Waals surface area contributed by atoms with Crippen LogP contribution in [0.5, 0.6) is 17.4 Å². The van der Waals surface area contributed by atoms with Crippen LogP contribution in [0.2, 0.25) is 0 Å². The lowest BCUT2D eigenvalue weighted by Crippen LogP contribution is -2.41. The van der Waals surface area contributed by atoms with Gasteiger partial charge in [-0.15, -0.1) is 0 Å². The number of aromatic nitrogens is 4. The molecule has 0 spiro atoms. The minimum atomic E-state index is -4.49. The minimum absolute atomic E-state index is 0.137. The number of ether oxygens (including phenoxy) is 5. The molecule has 6 heterocycles. The Balaban J connectivity index is 0.000000214. The van der Waals surface area contributed by atoms with Gasteiger partial charge in [0.05, 0.1) is 54.6 Å². The summed E-state index contributed by atoms with van der Waals surface area (Å²) in [5.41, 5.74) is -0.0581. The molecular formula is C39H35F6N7O6. The summed E-state index contributed by atoms with van der Waals surface area (Å²) in [5.74, 6) is 1.32. The molecular weight excluding hydrogens is 776 g/mol. The van der Waals surface area contributed by atoms with Crippen LogP contribution in [0, 0.1) is 0 Å². The Kier molecular flexibility index (Phi) is 11.3. The first-order valence-electron chi connectivity index (χ1n) is 17.8. The smallest absolute Gasteiger partial charge is 0.416 e. The SMILES string of the molecule is CC1(C)OCC(COc2cncc(NC(=O)N3CCOc4ccc(-c5cccc(C(F)(F)F)c5)nc43)n2)O1.FC(F)(F)c1cccc(-c2ccc3c(n2)NCCO3)c1. The van der Waals surface area contributed by atoms with E-state index in [1.165, 1.54) is 35.5 Å². The van der Waals surface area contributed by atoms with Crippen LogP contribution in [0.3, 0.4) is 0 Å². The second kappa shape index (κ2) is 16.3. The maximum Gasteiger partial charge on any atom is 0.416 e. The number of carbonyl (C=O) groups excluding carboxylic acids is 1. The third-order valence-electron chi connectivity index (χ3n) is 8.73.